The van der Waals surface area contributed by atoms with Crippen LogP contribution in [0, 0.1) is 10.8 Å². The molecule has 0 bridgehead atoms. The Hall–Kier alpha value is -0.980. The highest BCUT2D eigenvalue weighted by Gasteiger charge is 2.41. The Morgan fingerprint density at radius 3 is 1.95 bits per heavy atom. The third-order valence-electron chi connectivity index (χ3n) is 5.37. The maximum Gasteiger partial charge on any atom is 0.115 e. The Balaban J connectivity index is 3.16. The second kappa shape index (κ2) is 5.98. The maximum atomic E-state index is 9.48. The first-order chi connectivity index (χ1) is 8.76. The van der Waals surface area contributed by atoms with Crippen LogP contribution in [0.15, 0.2) is 24.3 Å². The number of rotatable bonds is 6. The minimum absolute atomic E-state index is 0.231. The Kier molecular flexibility index (Phi) is 5.06. The van der Waals surface area contributed by atoms with E-state index < -0.39 is 0 Å². The third kappa shape index (κ3) is 3.32. The van der Waals surface area contributed by atoms with Crippen molar-refractivity contribution in [1.82, 2.24) is 0 Å². The number of phenols is 1. The summed E-state index contributed by atoms with van der Waals surface area (Å²) in [5, 5.41) is 9.48. The highest BCUT2D eigenvalue weighted by atomic mass is 16.3. The molecule has 0 aromatic heterocycles. The largest absolute Gasteiger partial charge is 0.508 e. The molecule has 0 aliphatic heterocycles. The average Bonchev–Trinajstić information content (AvgIpc) is 2.37. The summed E-state index contributed by atoms with van der Waals surface area (Å²) in [7, 11) is 0. The summed E-state index contributed by atoms with van der Waals surface area (Å²) >= 11 is 0. The van der Waals surface area contributed by atoms with Crippen LogP contribution < -0.4 is 0 Å². The Morgan fingerprint density at radius 1 is 1.00 bits per heavy atom. The predicted molar refractivity (Wildman–Crippen MR) is 83.6 cm³/mol. The molecular formula is C18H30O. The van der Waals surface area contributed by atoms with Crippen molar-refractivity contribution < 1.29 is 5.11 Å². The molecule has 0 amide bonds. The van der Waals surface area contributed by atoms with Crippen molar-refractivity contribution in [2.45, 2.75) is 66.7 Å². The molecule has 1 N–H and O–H groups in total. The molecule has 1 atom stereocenters. The lowest BCUT2D eigenvalue weighted by molar-refractivity contribution is 0.0666. The summed E-state index contributed by atoms with van der Waals surface area (Å²) in [4.78, 5) is 0. The summed E-state index contributed by atoms with van der Waals surface area (Å²) < 4.78 is 0. The Bertz CT molecular complexity index is 387. The highest BCUT2D eigenvalue weighted by molar-refractivity contribution is 5.30. The Morgan fingerprint density at radius 2 is 1.53 bits per heavy atom. The van der Waals surface area contributed by atoms with Crippen LogP contribution in [0.3, 0.4) is 0 Å². The number of benzene rings is 1. The first kappa shape index (κ1) is 16.1. The van der Waals surface area contributed by atoms with E-state index in [1.165, 1.54) is 24.8 Å². The highest BCUT2D eigenvalue weighted by Crippen LogP contribution is 2.52. The molecule has 0 spiro atoms. The van der Waals surface area contributed by atoms with E-state index in [-0.39, 0.29) is 5.41 Å². The van der Waals surface area contributed by atoms with Gasteiger partial charge < -0.3 is 5.11 Å². The van der Waals surface area contributed by atoms with Gasteiger partial charge in [0.25, 0.3) is 0 Å². The molecule has 0 heterocycles. The van der Waals surface area contributed by atoms with Gasteiger partial charge in [-0.3, -0.25) is 0 Å². The molecule has 1 heteroatoms. The van der Waals surface area contributed by atoms with Gasteiger partial charge in [0.05, 0.1) is 0 Å². The lowest BCUT2D eigenvalue weighted by atomic mass is 9.57. The van der Waals surface area contributed by atoms with Gasteiger partial charge in [-0.1, -0.05) is 66.5 Å². The Labute approximate surface area is 119 Å². The van der Waals surface area contributed by atoms with Crippen LogP contribution in [0.25, 0.3) is 0 Å². The molecule has 0 fully saturated rings. The van der Waals surface area contributed by atoms with E-state index >= 15 is 0 Å². The lowest BCUT2D eigenvalue weighted by Gasteiger charge is -2.47. The monoisotopic (exact) mass is 262 g/mol. The zero-order valence-electron chi connectivity index (χ0n) is 13.5. The number of aromatic hydroxyl groups is 1. The third-order valence-corrected chi connectivity index (χ3v) is 5.37. The predicted octanol–water partition coefficient (Wildman–Crippen LogP) is 5.74. The topological polar surface area (TPSA) is 20.2 Å². The molecule has 1 aromatic carbocycles. The summed E-state index contributed by atoms with van der Waals surface area (Å²) in [6, 6.07) is 7.80. The molecule has 0 radical (unpaired) electrons. The first-order valence-corrected chi connectivity index (χ1v) is 7.55. The normalized spacial score (nSPS) is 14.4. The van der Waals surface area contributed by atoms with E-state index in [1.807, 2.05) is 12.1 Å². The van der Waals surface area contributed by atoms with Crippen LogP contribution >= 0.6 is 0 Å². The minimum atomic E-state index is 0.231. The van der Waals surface area contributed by atoms with Crippen molar-refractivity contribution >= 4 is 0 Å². The van der Waals surface area contributed by atoms with Gasteiger partial charge in [-0.25, -0.2) is 0 Å². The number of hydrogen-bond acceptors (Lipinski definition) is 1. The van der Waals surface area contributed by atoms with Crippen LogP contribution in [0.5, 0.6) is 5.75 Å². The standard InChI is InChI=1S/C18H30O/c1-7-9-16(14-10-12-15(19)13-11-14)18(5,6)17(3,4)8-2/h10-13,16,19H,7-9H2,1-6H3. The van der Waals surface area contributed by atoms with Crippen molar-refractivity contribution in [3.8, 4) is 5.75 Å². The second-order valence-corrected chi connectivity index (χ2v) is 6.89. The van der Waals surface area contributed by atoms with Crippen molar-refractivity contribution in [2.75, 3.05) is 0 Å². The van der Waals surface area contributed by atoms with Crippen LogP contribution in [0.4, 0.5) is 0 Å². The molecule has 1 nitrogen and oxygen atoms in total. The number of hydrogen-bond donors (Lipinski definition) is 1. The first-order valence-electron chi connectivity index (χ1n) is 7.55. The molecule has 1 rings (SSSR count). The van der Waals surface area contributed by atoms with E-state index in [0.29, 0.717) is 17.1 Å². The molecular weight excluding hydrogens is 232 g/mol. The van der Waals surface area contributed by atoms with E-state index in [2.05, 4.69) is 53.7 Å². The van der Waals surface area contributed by atoms with Gasteiger partial charge in [0.2, 0.25) is 0 Å². The minimum Gasteiger partial charge on any atom is -0.508 e. The summed E-state index contributed by atoms with van der Waals surface area (Å²) in [6.45, 7) is 14.1. The fourth-order valence-corrected chi connectivity index (χ4v) is 2.87. The molecule has 0 saturated heterocycles. The van der Waals surface area contributed by atoms with Crippen molar-refractivity contribution in [2.24, 2.45) is 10.8 Å². The summed E-state index contributed by atoms with van der Waals surface area (Å²) in [5.74, 6) is 0.889. The summed E-state index contributed by atoms with van der Waals surface area (Å²) in [5.41, 5.74) is 1.88. The zero-order valence-corrected chi connectivity index (χ0v) is 13.5. The van der Waals surface area contributed by atoms with Crippen molar-refractivity contribution in [3.05, 3.63) is 29.8 Å². The van der Waals surface area contributed by atoms with Gasteiger partial charge in [-0.15, -0.1) is 0 Å². The quantitative estimate of drug-likeness (QED) is 0.693. The van der Waals surface area contributed by atoms with Gasteiger partial charge in [0, 0.05) is 0 Å². The maximum absolute atomic E-state index is 9.48. The smallest absolute Gasteiger partial charge is 0.115 e. The molecule has 0 aliphatic rings. The van der Waals surface area contributed by atoms with Crippen molar-refractivity contribution in [1.29, 1.82) is 0 Å². The van der Waals surface area contributed by atoms with Gasteiger partial charge >= 0.3 is 0 Å². The van der Waals surface area contributed by atoms with Crippen LogP contribution in [-0.2, 0) is 0 Å². The van der Waals surface area contributed by atoms with Gasteiger partial charge in [-0.2, -0.15) is 0 Å². The van der Waals surface area contributed by atoms with Crippen LogP contribution in [0.1, 0.15) is 72.3 Å². The van der Waals surface area contributed by atoms with Crippen LogP contribution in [-0.4, -0.2) is 5.11 Å². The zero-order chi connectivity index (χ0) is 14.7. The molecule has 0 saturated carbocycles. The fourth-order valence-electron chi connectivity index (χ4n) is 2.87. The lowest BCUT2D eigenvalue weighted by Crippen LogP contribution is -2.37. The molecule has 19 heavy (non-hydrogen) atoms. The van der Waals surface area contributed by atoms with E-state index in [0.717, 1.165) is 0 Å². The molecule has 108 valence electrons. The fraction of sp³-hybridized carbons (Fsp3) is 0.667. The second-order valence-electron chi connectivity index (χ2n) is 6.89. The van der Waals surface area contributed by atoms with Crippen molar-refractivity contribution in [3.63, 3.8) is 0 Å². The van der Waals surface area contributed by atoms with Gasteiger partial charge in [0.1, 0.15) is 5.75 Å². The molecule has 1 aromatic rings. The van der Waals surface area contributed by atoms with Gasteiger partial charge in [0.15, 0.2) is 0 Å². The number of phenolic OH excluding ortho intramolecular Hbond substituents is 1. The SMILES string of the molecule is CCCC(c1ccc(O)cc1)C(C)(C)C(C)(C)CC. The van der Waals surface area contributed by atoms with Gasteiger partial charge in [-0.05, 0) is 40.9 Å². The average molecular weight is 262 g/mol. The van der Waals surface area contributed by atoms with E-state index in [1.54, 1.807) is 0 Å². The van der Waals surface area contributed by atoms with E-state index in [4.69, 9.17) is 0 Å². The summed E-state index contributed by atoms with van der Waals surface area (Å²) in [6.07, 6.45) is 3.56. The van der Waals surface area contributed by atoms with Crippen LogP contribution in [0.2, 0.25) is 0 Å². The molecule has 1 unspecified atom stereocenters. The van der Waals surface area contributed by atoms with E-state index in [9.17, 15) is 5.11 Å². The molecule has 0 aliphatic carbocycles.